The van der Waals surface area contributed by atoms with Crippen LogP contribution in [0, 0.1) is 38.5 Å². The van der Waals surface area contributed by atoms with Crippen molar-refractivity contribution in [3.05, 3.63) is 56.6 Å². The lowest BCUT2D eigenvalue weighted by Crippen LogP contribution is -2.36. The third kappa shape index (κ3) is 13.0. The van der Waals surface area contributed by atoms with Gasteiger partial charge in [0.1, 0.15) is 24.7 Å². The molecule has 0 spiro atoms. The van der Waals surface area contributed by atoms with E-state index in [2.05, 4.69) is 69.2 Å². The van der Waals surface area contributed by atoms with Gasteiger partial charge >= 0.3 is 11.9 Å². The van der Waals surface area contributed by atoms with Crippen molar-refractivity contribution in [1.29, 1.82) is 0 Å². The lowest BCUT2D eigenvalue weighted by molar-refractivity contribution is -0.145. The number of benzene rings is 2. The summed E-state index contributed by atoms with van der Waals surface area (Å²) in [6, 6.07) is 3.93. The molecule has 2 rings (SSSR count). The smallest absolute Gasteiger partial charge is 0.307 e. The Balaban J connectivity index is 2.23. The van der Waals surface area contributed by atoms with Crippen LogP contribution in [0.3, 0.4) is 0 Å². The van der Waals surface area contributed by atoms with Gasteiger partial charge in [0, 0.05) is 11.1 Å². The molecule has 0 bridgehead atoms. The van der Waals surface area contributed by atoms with Gasteiger partial charge in [-0.3, -0.25) is 9.59 Å². The summed E-state index contributed by atoms with van der Waals surface area (Å²) in [6.45, 7) is 32.6. The molecule has 2 atom stereocenters. The molecular formula is C46H74O8S. The molecule has 0 saturated carbocycles. The number of hydrogen-bond acceptors (Lipinski definition) is 8. The van der Waals surface area contributed by atoms with Crippen LogP contribution in [0.2, 0.25) is 0 Å². The van der Waals surface area contributed by atoms with Crippen molar-refractivity contribution in [3.63, 3.8) is 0 Å². The highest BCUT2D eigenvalue weighted by Gasteiger charge is 2.37. The number of sulfone groups is 1. The molecule has 0 radical (unpaired) electrons. The van der Waals surface area contributed by atoms with Gasteiger partial charge in [-0.25, -0.2) is 8.42 Å². The minimum atomic E-state index is -3.95. The maximum absolute atomic E-state index is 14.1. The van der Waals surface area contributed by atoms with Crippen molar-refractivity contribution in [2.45, 2.75) is 197 Å². The molecule has 2 unspecified atom stereocenters. The lowest BCUT2D eigenvalue weighted by Gasteiger charge is -2.34. The van der Waals surface area contributed by atoms with Crippen LogP contribution in [0.4, 0.5) is 0 Å². The van der Waals surface area contributed by atoms with Crippen LogP contribution in [0.1, 0.15) is 179 Å². The molecule has 0 aliphatic carbocycles. The Morgan fingerprint density at radius 3 is 1.20 bits per heavy atom. The average Bonchev–Trinajstić information content (AvgIpc) is 3.01. The zero-order valence-corrected chi connectivity index (χ0v) is 37.9. The number of carbonyl (C=O) groups excluding carboxylic acids is 2. The van der Waals surface area contributed by atoms with E-state index in [1.807, 2.05) is 53.7 Å². The predicted molar refractivity (Wildman–Crippen MR) is 224 cm³/mol. The molecule has 2 aromatic rings. The van der Waals surface area contributed by atoms with Crippen LogP contribution in [0.15, 0.2) is 12.1 Å². The first-order valence-corrected chi connectivity index (χ1v) is 21.8. The molecule has 0 aliphatic heterocycles. The normalized spacial score (nSPS) is 14.1. The molecule has 9 heteroatoms. The highest BCUT2D eigenvalue weighted by atomic mass is 32.2. The van der Waals surface area contributed by atoms with Crippen LogP contribution in [-0.4, -0.2) is 41.1 Å². The van der Waals surface area contributed by atoms with Crippen molar-refractivity contribution in [2.24, 2.45) is 10.8 Å². The standard InChI is InChI=1S/C46H74O8S/c1-17-19-33(23-39(47)53-25-35-29(3)21-37(41(49)31(35)5)45(13,14)27-43(7,8)9)55(51,52)34(20-18-2)24-40(48)54-26-36-30(4)22-38(42(50)32(36)6)46(15,16)28-44(10,11)12/h21-22,33-34,49-50H,17-20,23-28H2,1-16H3. The molecule has 0 amide bonds. The number of ether oxygens (including phenoxy) is 2. The van der Waals surface area contributed by atoms with Crippen molar-refractivity contribution in [1.82, 2.24) is 0 Å². The van der Waals surface area contributed by atoms with Crippen LogP contribution < -0.4 is 0 Å². The summed E-state index contributed by atoms with van der Waals surface area (Å²) < 4.78 is 39.6. The number of carbonyl (C=O) groups is 2. The number of phenolic OH excluding ortho intramolecular Hbond substituents is 2. The van der Waals surface area contributed by atoms with Gasteiger partial charge in [0.05, 0.1) is 23.3 Å². The van der Waals surface area contributed by atoms with Gasteiger partial charge < -0.3 is 19.7 Å². The van der Waals surface area contributed by atoms with Crippen LogP contribution in [0.5, 0.6) is 11.5 Å². The third-order valence-corrected chi connectivity index (χ3v) is 13.6. The van der Waals surface area contributed by atoms with Gasteiger partial charge in [-0.05, 0) is 108 Å². The molecular weight excluding hydrogens is 713 g/mol. The van der Waals surface area contributed by atoms with Crippen molar-refractivity contribution >= 4 is 21.8 Å². The first-order valence-electron chi connectivity index (χ1n) is 20.2. The fourth-order valence-electron chi connectivity index (χ4n) is 8.82. The van der Waals surface area contributed by atoms with Gasteiger partial charge in [0.2, 0.25) is 0 Å². The van der Waals surface area contributed by atoms with Crippen molar-refractivity contribution < 1.29 is 37.7 Å². The lowest BCUT2D eigenvalue weighted by atomic mass is 9.71. The molecule has 0 saturated heterocycles. The zero-order chi connectivity index (χ0) is 42.5. The molecule has 0 aliphatic rings. The average molecular weight is 787 g/mol. The van der Waals surface area contributed by atoms with Gasteiger partial charge in [0.15, 0.2) is 9.84 Å². The third-order valence-electron chi connectivity index (χ3n) is 10.9. The van der Waals surface area contributed by atoms with Crippen LogP contribution in [-0.2, 0) is 52.9 Å². The van der Waals surface area contributed by atoms with E-state index < -0.39 is 32.3 Å². The Labute approximate surface area is 334 Å². The first-order chi connectivity index (χ1) is 25.0. The zero-order valence-electron chi connectivity index (χ0n) is 37.1. The Bertz CT molecular complexity index is 1650. The van der Waals surface area contributed by atoms with Gasteiger partial charge in [0.25, 0.3) is 0 Å². The maximum atomic E-state index is 14.1. The number of phenols is 2. The Hall–Kier alpha value is -3.07. The summed E-state index contributed by atoms with van der Waals surface area (Å²) in [5.74, 6) is -0.915. The molecule has 312 valence electrons. The largest absolute Gasteiger partial charge is 0.507 e. The van der Waals surface area contributed by atoms with Crippen LogP contribution in [0.25, 0.3) is 0 Å². The number of hydrogen-bond donors (Lipinski definition) is 2. The molecule has 2 aromatic carbocycles. The van der Waals surface area contributed by atoms with Gasteiger partial charge in [-0.1, -0.05) is 108 Å². The maximum Gasteiger partial charge on any atom is 0.307 e. The highest BCUT2D eigenvalue weighted by Crippen LogP contribution is 2.44. The topological polar surface area (TPSA) is 127 Å². The van der Waals surface area contributed by atoms with E-state index in [1.54, 1.807) is 0 Å². The van der Waals surface area contributed by atoms with E-state index in [0.717, 1.165) is 35.1 Å². The molecule has 0 fully saturated rings. The number of esters is 2. The molecule has 55 heavy (non-hydrogen) atoms. The summed E-state index contributed by atoms with van der Waals surface area (Å²) in [4.78, 5) is 26.6. The van der Waals surface area contributed by atoms with Gasteiger partial charge in [-0.2, -0.15) is 0 Å². The highest BCUT2D eigenvalue weighted by molar-refractivity contribution is 7.92. The van der Waals surface area contributed by atoms with E-state index in [-0.39, 0.29) is 72.1 Å². The number of rotatable bonds is 18. The summed E-state index contributed by atoms with van der Waals surface area (Å²) in [5.41, 5.74) is 5.69. The Kier molecular flexibility index (Phi) is 16.1. The first kappa shape index (κ1) is 48.1. The number of aromatic hydroxyl groups is 2. The second-order valence-corrected chi connectivity index (χ2v) is 22.3. The minimum Gasteiger partial charge on any atom is -0.507 e. The van der Waals surface area contributed by atoms with E-state index in [0.29, 0.717) is 35.1 Å². The molecule has 2 N–H and O–H groups in total. The van der Waals surface area contributed by atoms with Crippen molar-refractivity contribution in [2.75, 3.05) is 0 Å². The summed E-state index contributed by atoms with van der Waals surface area (Å²) >= 11 is 0. The van der Waals surface area contributed by atoms with E-state index >= 15 is 0 Å². The monoisotopic (exact) mass is 787 g/mol. The summed E-state index contributed by atoms with van der Waals surface area (Å²) in [7, 11) is -3.95. The second kappa shape index (κ2) is 18.5. The Morgan fingerprint density at radius 2 is 0.927 bits per heavy atom. The fourth-order valence-corrected chi connectivity index (χ4v) is 11.2. The van der Waals surface area contributed by atoms with Crippen molar-refractivity contribution in [3.8, 4) is 11.5 Å². The molecule has 8 nitrogen and oxygen atoms in total. The van der Waals surface area contributed by atoms with Crippen LogP contribution >= 0.6 is 0 Å². The van der Waals surface area contributed by atoms with E-state index in [4.69, 9.17) is 9.47 Å². The minimum absolute atomic E-state index is 0.0529. The van der Waals surface area contributed by atoms with Gasteiger partial charge in [-0.15, -0.1) is 0 Å². The SMILES string of the molecule is CCCC(CC(=O)OCc1c(C)cc(C(C)(C)CC(C)(C)C)c(O)c1C)S(=O)(=O)C(CCC)CC(=O)OCc1c(C)cc(C(C)(C)CC(C)(C)C)c(O)c1C. The van der Waals surface area contributed by atoms with E-state index in [1.165, 1.54) is 0 Å². The summed E-state index contributed by atoms with van der Waals surface area (Å²) in [6.07, 6.45) is 2.62. The second-order valence-electron chi connectivity index (χ2n) is 19.8. The fraction of sp³-hybridized carbons (Fsp3) is 0.696. The molecule has 0 heterocycles. The predicted octanol–water partition coefficient (Wildman–Crippen LogP) is 11.1. The molecule has 0 aromatic heterocycles. The summed E-state index contributed by atoms with van der Waals surface area (Å²) in [5, 5.41) is 20.5. The Morgan fingerprint density at radius 1 is 0.618 bits per heavy atom. The van der Waals surface area contributed by atoms with E-state index in [9.17, 15) is 28.2 Å². The quantitative estimate of drug-likeness (QED) is 0.143. The number of aryl methyl sites for hydroxylation is 2.